The minimum atomic E-state index is -0.798. The van der Waals surface area contributed by atoms with Crippen LogP contribution in [0.25, 0.3) is 0 Å². The Kier molecular flexibility index (Phi) is 6.54. The van der Waals surface area contributed by atoms with E-state index in [0.29, 0.717) is 44.1 Å². The molecule has 0 radical (unpaired) electrons. The molecule has 3 rings (SSSR count). The molecule has 28 heavy (non-hydrogen) atoms. The average Bonchev–Trinajstić information content (AvgIpc) is 3.08. The van der Waals surface area contributed by atoms with Crippen molar-refractivity contribution in [1.82, 2.24) is 4.90 Å². The molecule has 152 valence electrons. The van der Waals surface area contributed by atoms with Gasteiger partial charge in [-0.15, -0.1) is 0 Å². The third-order valence-electron chi connectivity index (χ3n) is 5.53. The van der Waals surface area contributed by atoms with Gasteiger partial charge in [-0.1, -0.05) is 12.1 Å². The fourth-order valence-electron chi connectivity index (χ4n) is 4.15. The fraction of sp³-hybridized carbons (Fsp3) is 0.571. The van der Waals surface area contributed by atoms with Gasteiger partial charge in [0.25, 0.3) is 0 Å². The molecular formula is C21H28N2O5. The maximum atomic E-state index is 13.0. The Morgan fingerprint density at radius 3 is 2.79 bits per heavy atom. The summed E-state index contributed by atoms with van der Waals surface area (Å²) in [6, 6.07) is 7.40. The molecule has 0 spiro atoms. The summed E-state index contributed by atoms with van der Waals surface area (Å²) < 4.78 is 5.63. The van der Waals surface area contributed by atoms with E-state index in [4.69, 9.17) is 9.84 Å². The van der Waals surface area contributed by atoms with Crippen molar-refractivity contribution in [2.24, 2.45) is 11.8 Å². The lowest BCUT2D eigenvalue weighted by Gasteiger charge is -2.34. The Bertz CT molecular complexity index is 735. The smallest absolute Gasteiger partial charge is 0.303 e. The number of benzene rings is 1. The van der Waals surface area contributed by atoms with Crippen LogP contribution in [0.5, 0.6) is 5.75 Å². The highest BCUT2D eigenvalue weighted by Crippen LogP contribution is 2.34. The maximum Gasteiger partial charge on any atom is 0.303 e. The lowest BCUT2D eigenvalue weighted by atomic mass is 9.92. The zero-order valence-corrected chi connectivity index (χ0v) is 16.3. The summed E-state index contributed by atoms with van der Waals surface area (Å²) in [5, 5.41) is 8.89. The summed E-state index contributed by atoms with van der Waals surface area (Å²) in [4.78, 5) is 39.9. The van der Waals surface area contributed by atoms with Gasteiger partial charge in [0.1, 0.15) is 5.75 Å². The first-order chi connectivity index (χ1) is 13.5. The van der Waals surface area contributed by atoms with Crippen LogP contribution >= 0.6 is 0 Å². The molecule has 2 aliphatic rings. The Morgan fingerprint density at radius 2 is 2.04 bits per heavy atom. The molecule has 0 bridgehead atoms. The number of para-hydroxylation sites is 2. The molecule has 1 aromatic rings. The summed E-state index contributed by atoms with van der Waals surface area (Å²) in [7, 11) is 0. The third kappa shape index (κ3) is 4.64. The predicted octanol–water partition coefficient (Wildman–Crippen LogP) is 2.54. The van der Waals surface area contributed by atoms with Gasteiger partial charge in [-0.25, -0.2) is 0 Å². The lowest BCUT2D eigenvalue weighted by molar-refractivity contribution is -0.138. The molecule has 2 atom stereocenters. The van der Waals surface area contributed by atoms with E-state index in [1.807, 2.05) is 36.1 Å². The minimum absolute atomic E-state index is 0.00441. The Balaban J connectivity index is 1.64. The Morgan fingerprint density at radius 1 is 1.25 bits per heavy atom. The van der Waals surface area contributed by atoms with Gasteiger partial charge >= 0.3 is 5.97 Å². The van der Waals surface area contributed by atoms with E-state index in [9.17, 15) is 14.4 Å². The van der Waals surface area contributed by atoms with E-state index >= 15 is 0 Å². The van der Waals surface area contributed by atoms with Crippen molar-refractivity contribution in [1.29, 1.82) is 0 Å². The number of hydrogen-bond acceptors (Lipinski definition) is 4. The van der Waals surface area contributed by atoms with E-state index < -0.39 is 5.97 Å². The van der Waals surface area contributed by atoms with Crippen molar-refractivity contribution in [3.63, 3.8) is 0 Å². The highest BCUT2D eigenvalue weighted by Gasteiger charge is 2.39. The average molecular weight is 388 g/mol. The SMILES string of the molecule is CCOc1ccccc1N1CC(C(=O)N2CCCC(CCC(=O)O)C2)CC1=O. The van der Waals surface area contributed by atoms with Crippen LogP contribution in [-0.2, 0) is 14.4 Å². The van der Waals surface area contributed by atoms with Crippen LogP contribution in [0.3, 0.4) is 0 Å². The number of ether oxygens (including phenoxy) is 1. The van der Waals surface area contributed by atoms with Crippen LogP contribution in [0.2, 0.25) is 0 Å². The van der Waals surface area contributed by atoms with Crippen molar-refractivity contribution in [3.05, 3.63) is 24.3 Å². The quantitative estimate of drug-likeness (QED) is 0.776. The number of carbonyl (C=O) groups is 3. The second kappa shape index (κ2) is 9.08. The molecule has 2 amide bonds. The summed E-state index contributed by atoms with van der Waals surface area (Å²) in [6.07, 6.45) is 2.77. The van der Waals surface area contributed by atoms with Gasteiger partial charge < -0.3 is 19.6 Å². The van der Waals surface area contributed by atoms with Gasteiger partial charge in [0, 0.05) is 32.5 Å². The van der Waals surface area contributed by atoms with Gasteiger partial charge in [-0.2, -0.15) is 0 Å². The molecule has 1 aromatic carbocycles. The number of nitrogens with zero attached hydrogens (tertiary/aromatic N) is 2. The highest BCUT2D eigenvalue weighted by molar-refractivity contribution is 6.01. The summed E-state index contributed by atoms with van der Waals surface area (Å²) in [5.41, 5.74) is 0.711. The van der Waals surface area contributed by atoms with Crippen LogP contribution in [0.4, 0.5) is 5.69 Å². The number of carboxylic acid groups (broad SMARTS) is 1. The Hall–Kier alpha value is -2.57. The minimum Gasteiger partial charge on any atom is -0.492 e. The number of rotatable bonds is 7. The van der Waals surface area contributed by atoms with Crippen molar-refractivity contribution in [3.8, 4) is 5.75 Å². The van der Waals surface area contributed by atoms with Crippen molar-refractivity contribution < 1.29 is 24.2 Å². The van der Waals surface area contributed by atoms with Crippen LogP contribution < -0.4 is 9.64 Å². The van der Waals surface area contributed by atoms with Gasteiger partial charge in [0.15, 0.2) is 0 Å². The molecule has 2 saturated heterocycles. The number of carbonyl (C=O) groups excluding carboxylic acids is 2. The third-order valence-corrected chi connectivity index (χ3v) is 5.53. The van der Waals surface area contributed by atoms with Gasteiger partial charge in [-0.05, 0) is 44.2 Å². The number of likely N-dealkylation sites (tertiary alicyclic amines) is 1. The monoisotopic (exact) mass is 388 g/mol. The standard InChI is InChI=1S/C21H28N2O5/c1-2-28-18-8-4-3-7-17(18)23-14-16(12-19(23)24)21(27)22-11-5-6-15(13-22)9-10-20(25)26/h3-4,7-8,15-16H,2,5-6,9-14H2,1H3,(H,25,26). The fourth-order valence-corrected chi connectivity index (χ4v) is 4.15. The number of carboxylic acids is 1. The van der Waals surface area contributed by atoms with E-state index in [0.717, 1.165) is 12.8 Å². The van der Waals surface area contributed by atoms with E-state index in [2.05, 4.69) is 0 Å². The molecule has 0 aromatic heterocycles. The predicted molar refractivity (Wildman–Crippen MR) is 104 cm³/mol. The molecule has 2 heterocycles. The lowest BCUT2D eigenvalue weighted by Crippen LogP contribution is -2.43. The van der Waals surface area contributed by atoms with Crippen molar-refractivity contribution in [2.75, 3.05) is 31.1 Å². The zero-order chi connectivity index (χ0) is 20.1. The summed E-state index contributed by atoms with van der Waals surface area (Å²) in [5.74, 6) is -0.345. The zero-order valence-electron chi connectivity index (χ0n) is 16.3. The van der Waals surface area contributed by atoms with Crippen LogP contribution in [0.1, 0.15) is 39.0 Å². The normalized spacial score (nSPS) is 22.4. The second-order valence-corrected chi connectivity index (χ2v) is 7.53. The van der Waals surface area contributed by atoms with E-state index in [-0.39, 0.29) is 36.5 Å². The van der Waals surface area contributed by atoms with Crippen LogP contribution in [0, 0.1) is 11.8 Å². The number of piperidine rings is 1. The number of aliphatic carboxylic acids is 1. The Labute approximate surface area is 165 Å². The van der Waals surface area contributed by atoms with Gasteiger partial charge in [-0.3, -0.25) is 14.4 Å². The molecule has 0 aliphatic carbocycles. The van der Waals surface area contributed by atoms with Gasteiger partial charge in [0.05, 0.1) is 18.2 Å². The van der Waals surface area contributed by atoms with Crippen molar-refractivity contribution >= 4 is 23.5 Å². The first-order valence-electron chi connectivity index (χ1n) is 10.0. The molecule has 2 aliphatic heterocycles. The van der Waals surface area contributed by atoms with Crippen LogP contribution in [-0.4, -0.2) is 54.0 Å². The molecular weight excluding hydrogens is 360 g/mol. The highest BCUT2D eigenvalue weighted by atomic mass is 16.5. The molecule has 7 heteroatoms. The first-order valence-corrected chi connectivity index (χ1v) is 10.0. The van der Waals surface area contributed by atoms with E-state index in [1.54, 1.807) is 4.90 Å². The largest absolute Gasteiger partial charge is 0.492 e. The topological polar surface area (TPSA) is 87.2 Å². The number of anilines is 1. The summed E-state index contributed by atoms with van der Waals surface area (Å²) in [6.45, 7) is 4.03. The van der Waals surface area contributed by atoms with Gasteiger partial charge in [0.2, 0.25) is 11.8 Å². The first kappa shape index (κ1) is 20.2. The molecule has 2 unspecified atom stereocenters. The molecule has 1 N–H and O–H groups in total. The van der Waals surface area contributed by atoms with Crippen molar-refractivity contribution in [2.45, 2.75) is 39.0 Å². The number of hydrogen-bond donors (Lipinski definition) is 1. The maximum absolute atomic E-state index is 13.0. The van der Waals surface area contributed by atoms with E-state index in [1.165, 1.54) is 0 Å². The molecule has 7 nitrogen and oxygen atoms in total. The number of amides is 2. The van der Waals surface area contributed by atoms with Crippen LogP contribution in [0.15, 0.2) is 24.3 Å². The second-order valence-electron chi connectivity index (χ2n) is 7.53. The molecule has 0 saturated carbocycles. The molecule has 2 fully saturated rings. The summed E-state index contributed by atoms with van der Waals surface area (Å²) >= 11 is 0.